The highest BCUT2D eigenvalue weighted by atomic mass is 16.5. The van der Waals surface area contributed by atoms with E-state index in [1.807, 2.05) is 54.6 Å². The molecule has 0 aliphatic carbocycles. The molecule has 0 aromatic heterocycles. The molecule has 1 atom stereocenters. The van der Waals surface area contributed by atoms with Crippen molar-refractivity contribution in [3.8, 4) is 0 Å². The van der Waals surface area contributed by atoms with E-state index in [1.54, 1.807) is 31.3 Å². The summed E-state index contributed by atoms with van der Waals surface area (Å²) in [6.45, 7) is 1.43. The van der Waals surface area contributed by atoms with E-state index < -0.39 is 12.2 Å². The van der Waals surface area contributed by atoms with Gasteiger partial charge in [-0.25, -0.2) is 9.79 Å². The third-order valence-corrected chi connectivity index (χ3v) is 5.29. The third-order valence-electron chi connectivity index (χ3n) is 5.29. The number of benzodiazepines with no additional fused rings is 1. The van der Waals surface area contributed by atoms with Gasteiger partial charge in [-0.05, 0) is 23.8 Å². The van der Waals surface area contributed by atoms with Gasteiger partial charge in [-0.15, -0.1) is 0 Å². The van der Waals surface area contributed by atoms with Crippen molar-refractivity contribution >= 4 is 35.0 Å². The fourth-order valence-corrected chi connectivity index (χ4v) is 3.66. The van der Waals surface area contributed by atoms with E-state index in [4.69, 9.17) is 4.74 Å². The summed E-state index contributed by atoms with van der Waals surface area (Å²) < 4.78 is 5.00. The number of aliphatic imine (C=N–C) groups is 1. The van der Waals surface area contributed by atoms with Gasteiger partial charge in [0.25, 0.3) is 5.91 Å². The average molecular weight is 457 g/mol. The Bertz CT molecular complexity index is 1260. The third kappa shape index (κ3) is 5.12. The van der Waals surface area contributed by atoms with Crippen molar-refractivity contribution in [3.05, 3.63) is 95.6 Å². The van der Waals surface area contributed by atoms with Crippen molar-refractivity contribution in [1.82, 2.24) is 5.32 Å². The Morgan fingerprint density at radius 2 is 1.74 bits per heavy atom. The number of rotatable bonds is 5. The molecule has 2 N–H and O–H groups in total. The van der Waals surface area contributed by atoms with Crippen LogP contribution in [-0.4, -0.2) is 36.8 Å². The van der Waals surface area contributed by atoms with Gasteiger partial charge in [0.05, 0.1) is 11.4 Å². The highest BCUT2D eigenvalue weighted by Crippen LogP contribution is 2.27. The van der Waals surface area contributed by atoms with Gasteiger partial charge in [-0.1, -0.05) is 60.7 Å². The molecule has 1 aliphatic heterocycles. The number of carbonyl (C=O) groups excluding carboxylic acids is 3. The number of benzene rings is 3. The Hall–Kier alpha value is -4.46. The molecule has 1 heterocycles. The van der Waals surface area contributed by atoms with Crippen LogP contribution in [0.4, 0.5) is 16.2 Å². The van der Waals surface area contributed by atoms with Gasteiger partial charge in [0, 0.05) is 30.8 Å². The number of esters is 1. The maximum atomic E-state index is 13.2. The maximum Gasteiger partial charge on any atom is 0.321 e. The van der Waals surface area contributed by atoms with Gasteiger partial charge in [-0.2, -0.15) is 0 Å². The van der Waals surface area contributed by atoms with Gasteiger partial charge in [0.1, 0.15) is 6.61 Å². The molecular weight excluding hydrogens is 432 g/mol. The molecule has 4 rings (SSSR count). The highest BCUT2D eigenvalue weighted by molar-refractivity contribution is 6.20. The number of para-hydroxylation sites is 1. The predicted octanol–water partition coefficient (Wildman–Crippen LogP) is 3.71. The lowest BCUT2D eigenvalue weighted by Gasteiger charge is -2.21. The molecule has 0 saturated carbocycles. The SMILES string of the molecule is CC(=O)OCc1cccc(NC(=O)N[C@@H]2N=C(c3ccccc3)c3ccccc3N(C)C2=O)c1. The minimum Gasteiger partial charge on any atom is -0.461 e. The molecule has 34 heavy (non-hydrogen) atoms. The van der Waals surface area contributed by atoms with Crippen molar-refractivity contribution in [2.24, 2.45) is 4.99 Å². The molecule has 0 unspecified atom stereocenters. The fourth-order valence-electron chi connectivity index (χ4n) is 3.66. The molecule has 0 spiro atoms. The monoisotopic (exact) mass is 456 g/mol. The highest BCUT2D eigenvalue weighted by Gasteiger charge is 2.30. The molecule has 0 fully saturated rings. The lowest BCUT2D eigenvalue weighted by Crippen LogP contribution is -2.47. The number of ether oxygens (including phenoxy) is 1. The fraction of sp³-hybridized carbons (Fsp3) is 0.154. The number of likely N-dealkylation sites (N-methyl/N-ethyl adjacent to an activating group) is 1. The molecule has 172 valence electrons. The second-order valence-electron chi connectivity index (χ2n) is 7.74. The molecule has 0 saturated heterocycles. The smallest absolute Gasteiger partial charge is 0.321 e. The molecule has 3 aromatic rings. The van der Waals surface area contributed by atoms with Gasteiger partial charge < -0.3 is 20.3 Å². The topological polar surface area (TPSA) is 100 Å². The van der Waals surface area contributed by atoms with Crippen molar-refractivity contribution in [1.29, 1.82) is 0 Å². The standard InChI is InChI=1S/C26H24N4O4/c1-17(31)34-16-18-9-8-12-20(15-18)27-26(33)29-24-25(32)30(2)22-14-7-6-13-21(22)23(28-24)19-10-4-3-5-11-19/h3-15,24H,16H2,1-2H3,(H2,27,29,33)/t24-/m0/s1. The molecular formula is C26H24N4O4. The van der Waals surface area contributed by atoms with Crippen LogP contribution in [0.2, 0.25) is 0 Å². The van der Waals surface area contributed by atoms with Gasteiger partial charge >= 0.3 is 12.0 Å². The van der Waals surface area contributed by atoms with E-state index in [0.29, 0.717) is 17.1 Å². The van der Waals surface area contributed by atoms with Gasteiger partial charge in [-0.3, -0.25) is 9.59 Å². The zero-order valence-electron chi connectivity index (χ0n) is 18.8. The second kappa shape index (κ2) is 9.99. The zero-order valence-corrected chi connectivity index (χ0v) is 18.8. The first-order valence-corrected chi connectivity index (χ1v) is 10.7. The average Bonchev–Trinajstić information content (AvgIpc) is 2.94. The molecule has 0 bridgehead atoms. The number of fused-ring (bicyclic) bond motifs is 1. The number of amides is 3. The molecule has 8 heteroatoms. The van der Waals surface area contributed by atoms with Crippen molar-refractivity contribution < 1.29 is 19.1 Å². The number of anilines is 2. The number of hydrogen-bond donors (Lipinski definition) is 2. The van der Waals surface area contributed by atoms with Crippen molar-refractivity contribution in [2.75, 3.05) is 17.3 Å². The largest absolute Gasteiger partial charge is 0.461 e. The molecule has 8 nitrogen and oxygen atoms in total. The minimum atomic E-state index is -1.13. The van der Waals surface area contributed by atoms with E-state index in [0.717, 1.165) is 16.7 Å². The number of nitrogens with one attached hydrogen (secondary N) is 2. The first kappa shape index (κ1) is 22.7. The molecule has 1 aliphatic rings. The second-order valence-corrected chi connectivity index (χ2v) is 7.74. The van der Waals surface area contributed by atoms with E-state index in [1.165, 1.54) is 11.8 Å². The Morgan fingerprint density at radius 3 is 2.50 bits per heavy atom. The van der Waals surface area contributed by atoms with Crippen LogP contribution in [-0.2, 0) is 20.9 Å². The van der Waals surface area contributed by atoms with Crippen LogP contribution in [0.5, 0.6) is 0 Å². The van der Waals surface area contributed by atoms with E-state index in [2.05, 4.69) is 15.6 Å². The van der Waals surface area contributed by atoms with E-state index in [9.17, 15) is 14.4 Å². The van der Waals surface area contributed by atoms with Crippen LogP contribution >= 0.6 is 0 Å². The predicted molar refractivity (Wildman–Crippen MR) is 130 cm³/mol. The quantitative estimate of drug-likeness (QED) is 0.572. The summed E-state index contributed by atoms with van der Waals surface area (Å²) in [4.78, 5) is 43.2. The molecule has 3 amide bonds. The van der Waals surface area contributed by atoms with Crippen LogP contribution < -0.4 is 15.5 Å². The van der Waals surface area contributed by atoms with Crippen molar-refractivity contribution in [3.63, 3.8) is 0 Å². The first-order valence-electron chi connectivity index (χ1n) is 10.7. The Balaban J connectivity index is 1.59. The van der Waals surface area contributed by atoms with Crippen LogP contribution in [0.15, 0.2) is 83.9 Å². The lowest BCUT2D eigenvalue weighted by molar-refractivity contribution is -0.142. The number of carbonyl (C=O) groups is 3. The van der Waals surface area contributed by atoms with E-state index >= 15 is 0 Å². The van der Waals surface area contributed by atoms with E-state index in [-0.39, 0.29) is 18.5 Å². The van der Waals surface area contributed by atoms with Crippen LogP contribution in [0.3, 0.4) is 0 Å². The maximum absolute atomic E-state index is 13.2. The Labute approximate surface area is 197 Å². The number of nitrogens with zero attached hydrogens (tertiary/aromatic N) is 2. The summed E-state index contributed by atoms with van der Waals surface area (Å²) in [7, 11) is 1.66. The summed E-state index contributed by atoms with van der Waals surface area (Å²) >= 11 is 0. The number of urea groups is 1. The normalized spacial score (nSPS) is 15.0. The molecule has 0 radical (unpaired) electrons. The minimum absolute atomic E-state index is 0.0986. The molecule has 3 aromatic carbocycles. The van der Waals surface area contributed by atoms with Crippen molar-refractivity contribution in [2.45, 2.75) is 19.7 Å². The first-order chi connectivity index (χ1) is 16.4. The zero-order chi connectivity index (χ0) is 24.1. The van der Waals surface area contributed by atoms with Crippen LogP contribution in [0, 0.1) is 0 Å². The number of hydrogen-bond acceptors (Lipinski definition) is 5. The van der Waals surface area contributed by atoms with Crippen LogP contribution in [0.25, 0.3) is 0 Å². The summed E-state index contributed by atoms with van der Waals surface area (Å²) in [5.74, 6) is -0.752. The lowest BCUT2D eigenvalue weighted by atomic mass is 10.0. The Morgan fingerprint density at radius 1 is 1.00 bits per heavy atom. The van der Waals surface area contributed by atoms with Gasteiger partial charge in [0.15, 0.2) is 0 Å². The Kier molecular flexibility index (Phi) is 6.68. The summed E-state index contributed by atoms with van der Waals surface area (Å²) in [5, 5.41) is 5.40. The van der Waals surface area contributed by atoms with Gasteiger partial charge in [0.2, 0.25) is 6.17 Å². The summed E-state index contributed by atoms with van der Waals surface area (Å²) in [6, 6.07) is 23.4. The van der Waals surface area contributed by atoms with Crippen LogP contribution in [0.1, 0.15) is 23.6 Å². The summed E-state index contributed by atoms with van der Waals surface area (Å²) in [5.41, 5.74) is 4.17. The summed E-state index contributed by atoms with van der Waals surface area (Å²) in [6.07, 6.45) is -1.13.